The van der Waals surface area contributed by atoms with Gasteiger partial charge >= 0.3 is 5.97 Å². The van der Waals surface area contributed by atoms with E-state index >= 15 is 0 Å². The Hall–Kier alpha value is -4.45. The summed E-state index contributed by atoms with van der Waals surface area (Å²) in [5, 5.41) is 16.1. The summed E-state index contributed by atoms with van der Waals surface area (Å²) in [6.45, 7) is 8.50. The number of hydrogen-bond donors (Lipinski definition) is 4. The monoisotopic (exact) mass is 896 g/mol. The first kappa shape index (κ1) is 52.9. The Labute approximate surface area is 367 Å². The highest BCUT2D eigenvalue weighted by molar-refractivity contribution is 6.26. The third-order valence-electron chi connectivity index (χ3n) is 9.26. The van der Waals surface area contributed by atoms with Crippen LogP contribution in [0.4, 0.5) is 5.69 Å². The molecule has 0 bridgehead atoms. The van der Waals surface area contributed by atoms with Gasteiger partial charge in [0.05, 0.1) is 129 Å². The Morgan fingerprint density at radius 3 is 1.57 bits per heavy atom. The van der Waals surface area contributed by atoms with Crippen molar-refractivity contribution in [3.05, 3.63) is 29.3 Å². The predicted molar refractivity (Wildman–Crippen MR) is 222 cm³/mol. The summed E-state index contributed by atoms with van der Waals surface area (Å²) >= 11 is 0. The highest BCUT2D eigenvalue weighted by Crippen LogP contribution is 2.32. The molecular formula is C42H64N4O17. The first-order valence-corrected chi connectivity index (χ1v) is 21.5. The molecule has 6 amide bonds. The summed E-state index contributed by atoms with van der Waals surface area (Å²) in [4.78, 5) is 85.4. The van der Waals surface area contributed by atoms with Crippen LogP contribution in [0.1, 0.15) is 78.5 Å². The summed E-state index contributed by atoms with van der Waals surface area (Å²) in [6, 6.07) is 3.51. The number of ether oxygens (including phenoxy) is 9. The second-order valence-corrected chi connectivity index (χ2v) is 14.1. The van der Waals surface area contributed by atoms with Crippen molar-refractivity contribution < 1.29 is 81.3 Å². The van der Waals surface area contributed by atoms with Gasteiger partial charge in [-0.15, -0.1) is 0 Å². The number of unbranched alkanes of at least 4 members (excludes halogenated alkanes) is 2. The molecule has 0 saturated carbocycles. The molecule has 1 atom stereocenters. The van der Waals surface area contributed by atoms with Crippen molar-refractivity contribution in [3.8, 4) is 0 Å². The lowest BCUT2D eigenvalue weighted by Gasteiger charge is -2.27. The molecule has 2 aliphatic rings. The Morgan fingerprint density at radius 1 is 0.587 bits per heavy atom. The molecule has 4 N–H and O–H groups in total. The number of carbonyl (C=O) groups excluding carboxylic acids is 6. The smallest absolute Gasteiger partial charge is 0.303 e. The van der Waals surface area contributed by atoms with E-state index in [4.69, 9.17) is 47.7 Å². The van der Waals surface area contributed by atoms with Crippen LogP contribution in [0.2, 0.25) is 0 Å². The molecular weight excluding hydrogens is 832 g/mol. The van der Waals surface area contributed by atoms with Gasteiger partial charge in [-0.25, -0.2) is 0 Å². The number of imide groups is 2. The SMILES string of the molecule is O=C(O)CCC(=O)NCCCOCCOCCOCCOCCOCCOCCOCCOCCOCCCCCC(=O)Nc1cccc2c1C(=O)N(C1CCC(=O)NC1=O)C2=O. The second kappa shape index (κ2) is 33.1. The molecule has 0 radical (unpaired) electrons. The average Bonchev–Trinajstić information content (AvgIpc) is 3.51. The molecule has 2 aliphatic heterocycles. The van der Waals surface area contributed by atoms with Crippen molar-refractivity contribution in [2.24, 2.45) is 0 Å². The summed E-state index contributed by atoms with van der Waals surface area (Å²) < 4.78 is 49.3. The molecule has 0 spiro atoms. The van der Waals surface area contributed by atoms with Crippen LogP contribution in [0.25, 0.3) is 0 Å². The lowest BCUT2D eigenvalue weighted by atomic mass is 10.0. The standard InChI is InChI=1S/C42H64N4O17/c47-35(11-12-38(50)51)43-13-5-15-56-17-19-58-21-23-60-25-27-62-29-31-63-30-28-61-26-24-59-22-20-57-18-16-55-14-3-1-2-8-36(48)44-33-7-4-6-32-39(33)42(54)46(41(32)53)34-9-10-37(49)45-40(34)52/h4,6-7,34H,1-3,5,8-31H2,(H,43,47)(H,44,48)(H,50,51)(H,45,49,52). The minimum absolute atomic E-state index is 0.0224. The minimum Gasteiger partial charge on any atom is -0.481 e. The van der Waals surface area contributed by atoms with E-state index in [0.29, 0.717) is 138 Å². The molecule has 1 aromatic carbocycles. The number of aliphatic carboxylic acids is 1. The van der Waals surface area contributed by atoms with Gasteiger partial charge in [0.25, 0.3) is 11.8 Å². The maximum absolute atomic E-state index is 13.2. The molecule has 354 valence electrons. The number of hydrogen-bond acceptors (Lipinski definition) is 16. The first-order valence-electron chi connectivity index (χ1n) is 21.5. The topological polar surface area (TPSA) is 262 Å². The molecule has 0 aromatic heterocycles. The third kappa shape index (κ3) is 22.6. The fourth-order valence-electron chi connectivity index (χ4n) is 6.07. The molecule has 21 heteroatoms. The van der Waals surface area contributed by atoms with Crippen molar-refractivity contribution in [2.75, 3.05) is 131 Å². The number of amides is 6. The van der Waals surface area contributed by atoms with E-state index in [1.165, 1.54) is 6.07 Å². The number of carboxylic acids is 1. The van der Waals surface area contributed by atoms with Gasteiger partial charge in [-0.1, -0.05) is 12.5 Å². The van der Waals surface area contributed by atoms with Gasteiger partial charge in [0.1, 0.15) is 6.04 Å². The van der Waals surface area contributed by atoms with Crippen LogP contribution in [0.15, 0.2) is 18.2 Å². The first-order chi connectivity index (χ1) is 30.7. The maximum atomic E-state index is 13.2. The third-order valence-corrected chi connectivity index (χ3v) is 9.26. The van der Waals surface area contributed by atoms with E-state index in [9.17, 15) is 33.6 Å². The van der Waals surface area contributed by atoms with Gasteiger partial charge in [-0.2, -0.15) is 0 Å². The van der Waals surface area contributed by atoms with Crippen LogP contribution < -0.4 is 16.0 Å². The Morgan fingerprint density at radius 2 is 1.08 bits per heavy atom. The molecule has 1 aromatic rings. The Bertz CT molecular complexity index is 1560. The van der Waals surface area contributed by atoms with Crippen LogP contribution >= 0.6 is 0 Å². The van der Waals surface area contributed by atoms with Gasteiger partial charge in [-0.3, -0.25) is 43.8 Å². The average molecular weight is 897 g/mol. The van der Waals surface area contributed by atoms with E-state index in [-0.39, 0.29) is 60.7 Å². The van der Waals surface area contributed by atoms with Gasteiger partial charge in [0.2, 0.25) is 23.6 Å². The van der Waals surface area contributed by atoms with Gasteiger partial charge in [-0.05, 0) is 37.8 Å². The zero-order valence-corrected chi connectivity index (χ0v) is 36.0. The predicted octanol–water partition coefficient (Wildman–Crippen LogP) is 1.11. The maximum Gasteiger partial charge on any atom is 0.303 e. The quantitative estimate of drug-likeness (QED) is 0.0533. The summed E-state index contributed by atoms with van der Waals surface area (Å²) in [7, 11) is 0. The molecule has 1 unspecified atom stereocenters. The molecule has 63 heavy (non-hydrogen) atoms. The molecule has 1 fully saturated rings. The lowest BCUT2D eigenvalue weighted by Crippen LogP contribution is -2.54. The summed E-state index contributed by atoms with van der Waals surface area (Å²) in [5.74, 6) is -4.02. The second-order valence-electron chi connectivity index (χ2n) is 14.1. The molecule has 0 aliphatic carbocycles. The molecule has 2 heterocycles. The van der Waals surface area contributed by atoms with Crippen molar-refractivity contribution in [3.63, 3.8) is 0 Å². The van der Waals surface area contributed by atoms with Crippen molar-refractivity contribution in [2.45, 2.75) is 63.8 Å². The van der Waals surface area contributed by atoms with Gasteiger partial charge < -0.3 is 58.4 Å². The van der Waals surface area contributed by atoms with Crippen LogP contribution in [-0.4, -0.2) is 183 Å². The van der Waals surface area contributed by atoms with Crippen molar-refractivity contribution >= 4 is 47.1 Å². The summed E-state index contributed by atoms with van der Waals surface area (Å²) in [5.41, 5.74) is 0.362. The molecule has 1 saturated heterocycles. The highest BCUT2D eigenvalue weighted by Gasteiger charge is 2.45. The van der Waals surface area contributed by atoms with E-state index < -0.39 is 35.6 Å². The van der Waals surface area contributed by atoms with Crippen LogP contribution in [-0.2, 0) is 66.6 Å². The molecule has 3 rings (SSSR count). The largest absolute Gasteiger partial charge is 0.481 e. The fraction of sp³-hybridized carbons (Fsp3) is 0.690. The van der Waals surface area contributed by atoms with Crippen LogP contribution in [0.5, 0.6) is 0 Å². The van der Waals surface area contributed by atoms with Crippen LogP contribution in [0, 0.1) is 0 Å². The van der Waals surface area contributed by atoms with Crippen LogP contribution in [0.3, 0.4) is 0 Å². The number of carboxylic acid groups (broad SMARTS) is 1. The zero-order valence-electron chi connectivity index (χ0n) is 36.0. The normalized spacial score (nSPS) is 14.9. The Kier molecular flexibility index (Phi) is 27.8. The fourth-order valence-corrected chi connectivity index (χ4v) is 6.07. The zero-order chi connectivity index (χ0) is 45.3. The number of fused-ring (bicyclic) bond motifs is 1. The number of nitrogens with one attached hydrogen (secondary N) is 3. The summed E-state index contributed by atoms with van der Waals surface area (Å²) in [6.07, 6.45) is 2.84. The Balaban J connectivity index is 0.991. The molecule has 21 nitrogen and oxygen atoms in total. The highest BCUT2D eigenvalue weighted by atomic mass is 16.6. The van der Waals surface area contributed by atoms with E-state index in [1.54, 1.807) is 12.1 Å². The number of piperidine rings is 1. The lowest BCUT2D eigenvalue weighted by molar-refractivity contribution is -0.139. The minimum atomic E-state index is -1.08. The van der Waals surface area contributed by atoms with E-state index in [2.05, 4.69) is 16.0 Å². The van der Waals surface area contributed by atoms with Crippen molar-refractivity contribution in [1.82, 2.24) is 15.5 Å². The van der Waals surface area contributed by atoms with E-state index in [1.807, 2.05) is 0 Å². The number of nitrogens with zero attached hydrogens (tertiary/aromatic N) is 1. The number of anilines is 1. The van der Waals surface area contributed by atoms with Gasteiger partial charge in [0.15, 0.2) is 0 Å². The number of carbonyl (C=O) groups is 7. The number of benzene rings is 1. The number of rotatable bonds is 39. The van der Waals surface area contributed by atoms with E-state index in [0.717, 1.165) is 17.7 Å². The van der Waals surface area contributed by atoms with Gasteiger partial charge in [0, 0.05) is 39.0 Å². The van der Waals surface area contributed by atoms with Crippen molar-refractivity contribution in [1.29, 1.82) is 0 Å².